The number of anilines is 1. The van der Waals surface area contributed by atoms with Crippen LogP contribution in [0.15, 0.2) is 0 Å². The van der Waals surface area contributed by atoms with Gasteiger partial charge in [-0.25, -0.2) is 9.97 Å². The number of amides is 1. The number of aryl methyl sites for hydroxylation is 1. The second-order valence-corrected chi connectivity index (χ2v) is 7.13. The molecule has 22 heavy (non-hydrogen) atoms. The summed E-state index contributed by atoms with van der Waals surface area (Å²) < 4.78 is 0. The first-order valence-electron chi connectivity index (χ1n) is 8.59. The third-order valence-electron chi connectivity index (χ3n) is 5.03. The van der Waals surface area contributed by atoms with Crippen molar-refractivity contribution in [3.63, 3.8) is 0 Å². The molecule has 1 saturated carbocycles. The molecular weight excluding hydrogens is 276 g/mol. The van der Waals surface area contributed by atoms with Crippen molar-refractivity contribution in [3.05, 3.63) is 17.1 Å². The molecule has 1 aromatic heterocycles. The summed E-state index contributed by atoms with van der Waals surface area (Å²) in [5, 5.41) is 3.01. The second kappa shape index (κ2) is 5.21. The molecule has 2 fully saturated rings. The number of hydrogen-bond donors (Lipinski definition) is 1. The SMILES string of the molecule is CC(C)[C@H]1C(=O)NCCN1c1nc(C2CC2)nc2c1CCC2. The van der Waals surface area contributed by atoms with E-state index in [0.29, 0.717) is 12.5 Å². The van der Waals surface area contributed by atoms with Crippen LogP contribution >= 0.6 is 0 Å². The van der Waals surface area contributed by atoms with Gasteiger partial charge in [0, 0.05) is 30.3 Å². The molecule has 0 aromatic carbocycles. The van der Waals surface area contributed by atoms with E-state index in [1.165, 1.54) is 24.1 Å². The highest BCUT2D eigenvalue weighted by atomic mass is 16.2. The summed E-state index contributed by atoms with van der Waals surface area (Å²) in [7, 11) is 0. The minimum Gasteiger partial charge on any atom is -0.353 e. The lowest BCUT2D eigenvalue weighted by molar-refractivity contribution is -0.124. The average Bonchev–Trinajstić information content (AvgIpc) is 3.23. The third kappa shape index (κ3) is 2.27. The first-order valence-corrected chi connectivity index (χ1v) is 8.59. The molecule has 2 heterocycles. The number of piperazine rings is 1. The number of carbonyl (C=O) groups excluding carboxylic acids is 1. The molecule has 1 amide bonds. The van der Waals surface area contributed by atoms with Gasteiger partial charge in [-0.2, -0.15) is 0 Å². The number of rotatable bonds is 3. The summed E-state index contributed by atoms with van der Waals surface area (Å²) in [6.07, 6.45) is 5.71. The molecule has 1 atom stereocenters. The van der Waals surface area contributed by atoms with Crippen molar-refractivity contribution in [1.29, 1.82) is 0 Å². The van der Waals surface area contributed by atoms with E-state index in [-0.39, 0.29) is 17.9 Å². The van der Waals surface area contributed by atoms with Crippen molar-refractivity contribution in [3.8, 4) is 0 Å². The van der Waals surface area contributed by atoms with E-state index in [4.69, 9.17) is 9.97 Å². The van der Waals surface area contributed by atoms with Crippen LogP contribution in [-0.2, 0) is 17.6 Å². The Morgan fingerprint density at radius 1 is 1.23 bits per heavy atom. The summed E-state index contributed by atoms with van der Waals surface area (Å²) in [6.45, 7) is 5.79. The summed E-state index contributed by atoms with van der Waals surface area (Å²) in [6, 6.07) is -0.111. The van der Waals surface area contributed by atoms with E-state index < -0.39 is 0 Å². The lowest BCUT2D eigenvalue weighted by atomic mass is 9.99. The Labute approximate surface area is 131 Å². The standard InChI is InChI=1S/C17H24N4O/c1-10(2)14-17(22)18-8-9-21(14)16-12-4-3-5-13(12)19-15(20-16)11-6-7-11/h10-11,14H,3-9H2,1-2H3,(H,18,22)/t14-/m0/s1. The number of aromatic nitrogens is 2. The van der Waals surface area contributed by atoms with E-state index in [2.05, 4.69) is 24.1 Å². The molecule has 0 unspecified atom stereocenters. The van der Waals surface area contributed by atoms with Crippen molar-refractivity contribution in [2.75, 3.05) is 18.0 Å². The Morgan fingerprint density at radius 2 is 2.05 bits per heavy atom. The van der Waals surface area contributed by atoms with Gasteiger partial charge in [-0.05, 0) is 38.0 Å². The molecule has 1 aliphatic heterocycles. The van der Waals surface area contributed by atoms with Crippen LogP contribution in [-0.4, -0.2) is 35.0 Å². The summed E-state index contributed by atoms with van der Waals surface area (Å²) in [4.78, 5) is 24.4. The van der Waals surface area contributed by atoms with Crippen LogP contribution in [0.5, 0.6) is 0 Å². The van der Waals surface area contributed by atoms with Crippen LogP contribution in [0, 0.1) is 5.92 Å². The van der Waals surface area contributed by atoms with Gasteiger partial charge in [0.25, 0.3) is 0 Å². The molecule has 1 aromatic rings. The Morgan fingerprint density at radius 3 is 2.77 bits per heavy atom. The third-order valence-corrected chi connectivity index (χ3v) is 5.03. The number of carbonyl (C=O) groups is 1. The van der Waals surface area contributed by atoms with Gasteiger partial charge in [0.05, 0.1) is 0 Å². The smallest absolute Gasteiger partial charge is 0.243 e. The minimum absolute atomic E-state index is 0.111. The van der Waals surface area contributed by atoms with E-state index in [9.17, 15) is 4.79 Å². The molecule has 5 heteroatoms. The van der Waals surface area contributed by atoms with E-state index >= 15 is 0 Å². The zero-order valence-electron chi connectivity index (χ0n) is 13.4. The summed E-state index contributed by atoms with van der Waals surface area (Å²) >= 11 is 0. The Kier molecular flexibility index (Phi) is 3.31. The molecule has 0 radical (unpaired) electrons. The Hall–Kier alpha value is -1.65. The van der Waals surface area contributed by atoms with E-state index in [1.54, 1.807) is 0 Å². The van der Waals surface area contributed by atoms with E-state index in [0.717, 1.165) is 37.4 Å². The van der Waals surface area contributed by atoms with Crippen molar-refractivity contribution in [2.24, 2.45) is 5.92 Å². The molecule has 0 spiro atoms. The lowest BCUT2D eigenvalue weighted by Gasteiger charge is -2.39. The maximum absolute atomic E-state index is 12.4. The van der Waals surface area contributed by atoms with Gasteiger partial charge in [-0.1, -0.05) is 13.8 Å². The van der Waals surface area contributed by atoms with Gasteiger partial charge in [0.1, 0.15) is 17.7 Å². The minimum atomic E-state index is -0.111. The summed E-state index contributed by atoms with van der Waals surface area (Å²) in [5.74, 6) is 3.04. The van der Waals surface area contributed by atoms with Crippen molar-refractivity contribution in [2.45, 2.75) is 57.9 Å². The highest BCUT2D eigenvalue weighted by Crippen LogP contribution is 2.41. The van der Waals surface area contributed by atoms with Crippen LogP contribution in [0.1, 0.15) is 56.1 Å². The van der Waals surface area contributed by atoms with Gasteiger partial charge in [-0.3, -0.25) is 4.79 Å². The highest BCUT2D eigenvalue weighted by molar-refractivity contribution is 5.86. The normalized spacial score (nSPS) is 24.6. The average molecular weight is 300 g/mol. The molecule has 2 aliphatic carbocycles. The van der Waals surface area contributed by atoms with Gasteiger partial charge < -0.3 is 10.2 Å². The molecule has 5 nitrogen and oxygen atoms in total. The molecular formula is C17H24N4O. The zero-order chi connectivity index (χ0) is 15.3. The Balaban J connectivity index is 1.78. The maximum atomic E-state index is 12.4. The molecule has 4 rings (SSSR count). The molecule has 1 N–H and O–H groups in total. The number of fused-ring (bicyclic) bond motifs is 1. The van der Waals surface area contributed by atoms with Crippen molar-refractivity contribution < 1.29 is 4.79 Å². The largest absolute Gasteiger partial charge is 0.353 e. The van der Waals surface area contributed by atoms with Crippen LogP contribution < -0.4 is 10.2 Å². The monoisotopic (exact) mass is 300 g/mol. The summed E-state index contributed by atoms with van der Waals surface area (Å²) in [5.41, 5.74) is 2.53. The number of nitrogens with one attached hydrogen (secondary N) is 1. The van der Waals surface area contributed by atoms with Gasteiger partial charge >= 0.3 is 0 Å². The van der Waals surface area contributed by atoms with Crippen LogP contribution in [0.4, 0.5) is 5.82 Å². The topological polar surface area (TPSA) is 58.1 Å². The second-order valence-electron chi connectivity index (χ2n) is 7.13. The van der Waals surface area contributed by atoms with Crippen LogP contribution in [0.25, 0.3) is 0 Å². The Bertz CT molecular complexity index is 609. The van der Waals surface area contributed by atoms with Crippen molar-refractivity contribution in [1.82, 2.24) is 15.3 Å². The van der Waals surface area contributed by atoms with Gasteiger partial charge in [0.15, 0.2) is 0 Å². The fourth-order valence-corrected chi connectivity index (χ4v) is 3.78. The fraction of sp³-hybridized carbons (Fsp3) is 0.706. The first kappa shape index (κ1) is 14.0. The molecule has 0 bridgehead atoms. The van der Waals surface area contributed by atoms with Gasteiger partial charge in [-0.15, -0.1) is 0 Å². The highest BCUT2D eigenvalue weighted by Gasteiger charge is 2.37. The zero-order valence-corrected chi connectivity index (χ0v) is 13.4. The lowest BCUT2D eigenvalue weighted by Crippen LogP contribution is -2.58. The predicted octanol–water partition coefficient (Wildman–Crippen LogP) is 1.80. The quantitative estimate of drug-likeness (QED) is 0.925. The molecule has 3 aliphatic rings. The van der Waals surface area contributed by atoms with E-state index in [1.807, 2.05) is 0 Å². The van der Waals surface area contributed by atoms with Crippen molar-refractivity contribution >= 4 is 11.7 Å². The molecule has 118 valence electrons. The van der Waals surface area contributed by atoms with Gasteiger partial charge in [0.2, 0.25) is 5.91 Å². The molecule has 1 saturated heterocycles. The number of hydrogen-bond acceptors (Lipinski definition) is 4. The predicted molar refractivity (Wildman–Crippen MR) is 85.0 cm³/mol. The number of nitrogens with zero attached hydrogens (tertiary/aromatic N) is 3. The van der Waals surface area contributed by atoms with Crippen LogP contribution in [0.2, 0.25) is 0 Å². The fourth-order valence-electron chi connectivity index (χ4n) is 3.78. The van der Waals surface area contributed by atoms with Crippen LogP contribution in [0.3, 0.4) is 0 Å². The first-order chi connectivity index (χ1) is 10.6. The maximum Gasteiger partial charge on any atom is 0.243 e.